The van der Waals surface area contributed by atoms with Gasteiger partial charge >= 0.3 is 5.97 Å². The zero-order chi connectivity index (χ0) is 17.8. The van der Waals surface area contributed by atoms with Crippen LogP contribution in [0.25, 0.3) is 22.6 Å². The lowest BCUT2D eigenvalue weighted by Crippen LogP contribution is -2.06. The molecule has 0 aliphatic rings. The number of imidazole rings is 1. The average molecular weight is 337 g/mol. The Labute approximate surface area is 143 Å². The third-order valence-corrected chi connectivity index (χ3v) is 3.58. The van der Waals surface area contributed by atoms with Crippen LogP contribution in [-0.4, -0.2) is 27.5 Å². The van der Waals surface area contributed by atoms with Gasteiger partial charge in [0.25, 0.3) is 5.69 Å². The maximum Gasteiger partial charge on any atom is 0.357 e. The quantitative estimate of drug-likeness (QED) is 0.433. The van der Waals surface area contributed by atoms with E-state index in [1.54, 1.807) is 19.1 Å². The summed E-state index contributed by atoms with van der Waals surface area (Å²) in [5.41, 5.74) is 2.13. The summed E-state index contributed by atoms with van der Waals surface area (Å²) in [4.78, 5) is 30.0. The molecule has 126 valence electrons. The first kappa shape index (κ1) is 16.4. The van der Waals surface area contributed by atoms with E-state index in [9.17, 15) is 14.9 Å². The summed E-state index contributed by atoms with van der Waals surface area (Å²) in [7, 11) is 0. The van der Waals surface area contributed by atoms with Crippen LogP contribution in [0.2, 0.25) is 0 Å². The van der Waals surface area contributed by atoms with Gasteiger partial charge in [0.1, 0.15) is 11.5 Å². The standard InChI is InChI=1S/C18H15N3O4/c1-2-25-18(22)16-15(12-6-4-3-5-7-12)19-17(20-16)13-8-10-14(11-9-13)21(23)24/h3-11H,2H2,1H3,(H,19,20). The number of H-pyrrole nitrogens is 1. The number of nitrogens with one attached hydrogen (secondary N) is 1. The molecule has 25 heavy (non-hydrogen) atoms. The number of esters is 1. The first-order chi connectivity index (χ1) is 12.1. The molecule has 1 aromatic heterocycles. The van der Waals surface area contributed by atoms with Crippen molar-refractivity contribution >= 4 is 11.7 Å². The van der Waals surface area contributed by atoms with Crippen molar-refractivity contribution in [1.29, 1.82) is 0 Å². The van der Waals surface area contributed by atoms with Gasteiger partial charge in [0.15, 0.2) is 5.69 Å². The summed E-state index contributed by atoms with van der Waals surface area (Å²) < 4.78 is 5.09. The van der Waals surface area contributed by atoms with E-state index in [-0.39, 0.29) is 18.0 Å². The van der Waals surface area contributed by atoms with Crippen LogP contribution >= 0.6 is 0 Å². The number of benzene rings is 2. The molecule has 0 fully saturated rings. The topological polar surface area (TPSA) is 98.1 Å². The highest BCUT2D eigenvalue weighted by atomic mass is 16.6. The molecule has 0 saturated heterocycles. The predicted molar refractivity (Wildman–Crippen MR) is 92.1 cm³/mol. The Morgan fingerprint density at radius 3 is 2.40 bits per heavy atom. The number of hydrogen-bond donors (Lipinski definition) is 1. The van der Waals surface area contributed by atoms with Gasteiger partial charge in [-0.25, -0.2) is 9.78 Å². The summed E-state index contributed by atoms with van der Waals surface area (Å²) in [6.45, 7) is 1.98. The zero-order valence-corrected chi connectivity index (χ0v) is 13.4. The zero-order valence-electron chi connectivity index (χ0n) is 13.4. The Bertz CT molecular complexity index is 902. The molecule has 0 bridgehead atoms. The Hall–Kier alpha value is -3.48. The van der Waals surface area contributed by atoms with Gasteiger partial charge in [0, 0.05) is 23.3 Å². The van der Waals surface area contributed by atoms with Crippen molar-refractivity contribution < 1.29 is 14.5 Å². The number of nitro groups is 1. The minimum absolute atomic E-state index is 0.01000. The highest BCUT2D eigenvalue weighted by molar-refractivity contribution is 5.95. The molecule has 7 nitrogen and oxygen atoms in total. The van der Waals surface area contributed by atoms with Gasteiger partial charge in [-0.3, -0.25) is 10.1 Å². The van der Waals surface area contributed by atoms with E-state index in [4.69, 9.17) is 4.74 Å². The maximum absolute atomic E-state index is 12.2. The van der Waals surface area contributed by atoms with E-state index in [1.807, 2.05) is 30.3 Å². The molecule has 0 aliphatic heterocycles. The highest BCUT2D eigenvalue weighted by Gasteiger charge is 2.20. The number of aromatic amines is 1. The minimum atomic E-state index is -0.498. The van der Waals surface area contributed by atoms with Gasteiger partial charge < -0.3 is 9.72 Å². The molecule has 2 aromatic carbocycles. The summed E-state index contributed by atoms with van der Waals surface area (Å²) in [5, 5.41) is 10.8. The number of carbonyl (C=O) groups is 1. The second-order valence-electron chi connectivity index (χ2n) is 5.20. The van der Waals surface area contributed by atoms with Crippen LogP contribution in [0.15, 0.2) is 54.6 Å². The molecule has 3 aromatic rings. The van der Waals surface area contributed by atoms with Crippen molar-refractivity contribution in [1.82, 2.24) is 9.97 Å². The number of non-ortho nitro benzene ring substituents is 1. The van der Waals surface area contributed by atoms with E-state index in [0.717, 1.165) is 5.56 Å². The van der Waals surface area contributed by atoms with E-state index in [0.29, 0.717) is 17.1 Å². The van der Waals surface area contributed by atoms with Crippen molar-refractivity contribution in [3.63, 3.8) is 0 Å². The first-order valence-corrected chi connectivity index (χ1v) is 7.67. The molecule has 0 unspecified atom stereocenters. The smallest absolute Gasteiger partial charge is 0.357 e. The predicted octanol–water partition coefficient (Wildman–Crippen LogP) is 3.83. The van der Waals surface area contributed by atoms with Crippen molar-refractivity contribution in [2.45, 2.75) is 6.92 Å². The minimum Gasteiger partial charge on any atom is -0.461 e. The molecule has 1 heterocycles. The van der Waals surface area contributed by atoms with E-state index < -0.39 is 10.9 Å². The average Bonchev–Trinajstić information content (AvgIpc) is 3.08. The van der Waals surface area contributed by atoms with Crippen molar-refractivity contribution in [2.24, 2.45) is 0 Å². The van der Waals surface area contributed by atoms with E-state index >= 15 is 0 Å². The number of hydrogen-bond acceptors (Lipinski definition) is 5. The van der Waals surface area contributed by atoms with Crippen LogP contribution < -0.4 is 0 Å². The Kier molecular flexibility index (Phi) is 4.56. The molecule has 0 radical (unpaired) electrons. The van der Waals surface area contributed by atoms with Crippen molar-refractivity contribution in [3.8, 4) is 22.6 Å². The van der Waals surface area contributed by atoms with Gasteiger partial charge in [0.2, 0.25) is 0 Å². The Morgan fingerprint density at radius 1 is 1.12 bits per heavy atom. The van der Waals surface area contributed by atoms with Crippen molar-refractivity contribution in [3.05, 3.63) is 70.4 Å². The molecule has 0 saturated carbocycles. The van der Waals surface area contributed by atoms with E-state index in [1.165, 1.54) is 12.1 Å². The molecule has 3 rings (SSSR count). The van der Waals surface area contributed by atoms with Crippen LogP contribution in [0.4, 0.5) is 5.69 Å². The molecule has 0 aliphatic carbocycles. The van der Waals surface area contributed by atoms with Crippen LogP contribution in [0.3, 0.4) is 0 Å². The molecule has 1 N–H and O–H groups in total. The van der Waals surface area contributed by atoms with Crippen LogP contribution in [-0.2, 0) is 4.74 Å². The number of aromatic nitrogens is 2. The summed E-state index contributed by atoms with van der Waals surface area (Å²) in [5.74, 6) is -0.0566. The first-order valence-electron chi connectivity index (χ1n) is 7.67. The fourth-order valence-electron chi connectivity index (χ4n) is 2.41. The largest absolute Gasteiger partial charge is 0.461 e. The lowest BCUT2D eigenvalue weighted by Gasteiger charge is -2.02. The number of nitro benzene ring substituents is 1. The number of nitrogens with zero attached hydrogens (tertiary/aromatic N) is 2. The second-order valence-corrected chi connectivity index (χ2v) is 5.20. The van der Waals surface area contributed by atoms with Crippen LogP contribution in [0.5, 0.6) is 0 Å². The number of ether oxygens (including phenoxy) is 1. The van der Waals surface area contributed by atoms with Gasteiger partial charge in [-0.2, -0.15) is 0 Å². The summed E-state index contributed by atoms with van der Waals surface area (Å²) >= 11 is 0. The monoisotopic (exact) mass is 337 g/mol. The third-order valence-electron chi connectivity index (χ3n) is 3.58. The van der Waals surface area contributed by atoms with Gasteiger partial charge in [-0.05, 0) is 19.1 Å². The second kappa shape index (κ2) is 6.96. The maximum atomic E-state index is 12.2. The fraction of sp³-hybridized carbons (Fsp3) is 0.111. The Morgan fingerprint density at radius 2 is 1.80 bits per heavy atom. The lowest BCUT2D eigenvalue weighted by molar-refractivity contribution is -0.384. The highest BCUT2D eigenvalue weighted by Crippen LogP contribution is 2.27. The number of carbonyl (C=O) groups excluding carboxylic acids is 1. The van der Waals surface area contributed by atoms with Crippen LogP contribution in [0, 0.1) is 10.1 Å². The lowest BCUT2D eigenvalue weighted by atomic mass is 10.1. The van der Waals surface area contributed by atoms with Crippen molar-refractivity contribution in [2.75, 3.05) is 6.61 Å². The fourth-order valence-corrected chi connectivity index (χ4v) is 2.41. The van der Waals surface area contributed by atoms with Gasteiger partial charge in [0.05, 0.1) is 11.5 Å². The van der Waals surface area contributed by atoms with Gasteiger partial charge in [-0.1, -0.05) is 30.3 Å². The summed E-state index contributed by atoms with van der Waals surface area (Å²) in [6.07, 6.45) is 0. The summed E-state index contributed by atoms with van der Waals surface area (Å²) in [6, 6.07) is 15.2. The van der Waals surface area contributed by atoms with E-state index in [2.05, 4.69) is 9.97 Å². The molecule has 0 spiro atoms. The SMILES string of the molecule is CCOC(=O)c1[nH]c(-c2ccc([N+](=O)[O-])cc2)nc1-c1ccccc1. The van der Waals surface area contributed by atoms with Crippen LogP contribution in [0.1, 0.15) is 17.4 Å². The normalized spacial score (nSPS) is 10.4. The number of rotatable bonds is 5. The van der Waals surface area contributed by atoms with Gasteiger partial charge in [-0.15, -0.1) is 0 Å². The molecule has 0 amide bonds. The molecular weight excluding hydrogens is 322 g/mol. The molecule has 7 heteroatoms. The Balaban J connectivity index is 2.06. The third kappa shape index (κ3) is 3.40. The molecule has 0 atom stereocenters. The molecular formula is C18H15N3O4.